The molecule has 2 aromatic carbocycles. The van der Waals surface area contributed by atoms with E-state index in [-0.39, 0.29) is 5.91 Å². The molecule has 1 amide bonds. The number of ether oxygens (including phenoxy) is 1. The van der Waals surface area contributed by atoms with E-state index in [0.717, 1.165) is 54.2 Å². The number of carbonyl (C=O) groups is 1. The minimum Gasteiger partial charge on any atom is -0.497 e. The second kappa shape index (κ2) is 7.50. The summed E-state index contributed by atoms with van der Waals surface area (Å²) in [6.45, 7) is 5.75. The van der Waals surface area contributed by atoms with Crippen LogP contribution in [0.2, 0.25) is 0 Å². The maximum Gasteiger partial charge on any atom is 0.272 e. The Morgan fingerprint density at radius 3 is 2.36 bits per heavy atom. The fraction of sp³-hybridized carbons (Fsp3) is 0.304. The molecule has 4 rings (SSSR count). The maximum atomic E-state index is 13.2. The minimum absolute atomic E-state index is 0.0461. The SMILES string of the molecule is COc1ccc(-c2cc(C(=O)N3CCCC3)n(-c3ccc(C)cc3C)n2)cc1. The maximum absolute atomic E-state index is 13.2. The van der Waals surface area contributed by atoms with Crippen molar-refractivity contribution >= 4 is 5.91 Å². The molecule has 5 heteroatoms. The number of likely N-dealkylation sites (tertiary alicyclic amines) is 1. The molecular formula is C23H25N3O2. The van der Waals surface area contributed by atoms with Crippen LogP contribution in [0.3, 0.4) is 0 Å². The number of amides is 1. The largest absolute Gasteiger partial charge is 0.497 e. The number of hydrogen-bond acceptors (Lipinski definition) is 3. The summed E-state index contributed by atoms with van der Waals surface area (Å²) in [7, 11) is 1.65. The third-order valence-electron chi connectivity index (χ3n) is 5.29. The zero-order chi connectivity index (χ0) is 19.7. The van der Waals surface area contributed by atoms with E-state index in [0.29, 0.717) is 5.69 Å². The van der Waals surface area contributed by atoms with Crippen LogP contribution in [-0.2, 0) is 0 Å². The molecule has 1 aliphatic heterocycles. The van der Waals surface area contributed by atoms with E-state index in [1.54, 1.807) is 11.8 Å². The van der Waals surface area contributed by atoms with Gasteiger partial charge in [0.25, 0.3) is 5.91 Å². The van der Waals surface area contributed by atoms with Crippen molar-refractivity contribution < 1.29 is 9.53 Å². The van der Waals surface area contributed by atoms with Gasteiger partial charge in [-0.25, -0.2) is 4.68 Å². The highest BCUT2D eigenvalue weighted by molar-refractivity contribution is 5.94. The summed E-state index contributed by atoms with van der Waals surface area (Å²) < 4.78 is 7.05. The first-order valence-electron chi connectivity index (χ1n) is 9.68. The average molecular weight is 375 g/mol. The summed E-state index contributed by atoms with van der Waals surface area (Å²) in [6.07, 6.45) is 2.13. The van der Waals surface area contributed by atoms with E-state index in [2.05, 4.69) is 26.0 Å². The predicted molar refractivity (Wildman–Crippen MR) is 110 cm³/mol. The molecule has 0 aliphatic carbocycles. The molecule has 1 saturated heterocycles. The lowest BCUT2D eigenvalue weighted by Crippen LogP contribution is -2.29. The molecule has 0 N–H and O–H groups in total. The van der Waals surface area contributed by atoms with Gasteiger partial charge in [0.2, 0.25) is 0 Å². The second-order valence-electron chi connectivity index (χ2n) is 7.34. The molecule has 1 aliphatic rings. The molecule has 0 saturated carbocycles. The van der Waals surface area contributed by atoms with E-state index in [1.807, 2.05) is 41.3 Å². The highest BCUT2D eigenvalue weighted by Gasteiger charge is 2.25. The quantitative estimate of drug-likeness (QED) is 0.679. The van der Waals surface area contributed by atoms with Crippen molar-refractivity contribution in [2.45, 2.75) is 26.7 Å². The van der Waals surface area contributed by atoms with E-state index in [4.69, 9.17) is 9.84 Å². The van der Waals surface area contributed by atoms with E-state index >= 15 is 0 Å². The van der Waals surface area contributed by atoms with Gasteiger partial charge in [0.1, 0.15) is 11.4 Å². The Hall–Kier alpha value is -3.08. The van der Waals surface area contributed by atoms with E-state index < -0.39 is 0 Å². The first kappa shape index (κ1) is 18.3. The molecule has 144 valence electrons. The van der Waals surface area contributed by atoms with Crippen LogP contribution < -0.4 is 4.74 Å². The molecule has 0 radical (unpaired) electrons. The lowest BCUT2D eigenvalue weighted by Gasteiger charge is -2.17. The summed E-state index contributed by atoms with van der Waals surface area (Å²) in [6, 6.07) is 15.9. The van der Waals surface area contributed by atoms with E-state index in [1.165, 1.54) is 5.56 Å². The first-order valence-corrected chi connectivity index (χ1v) is 9.68. The number of benzene rings is 2. The molecule has 0 bridgehead atoms. The highest BCUT2D eigenvalue weighted by atomic mass is 16.5. The van der Waals surface area contributed by atoms with Gasteiger partial charge in [-0.2, -0.15) is 5.10 Å². The summed E-state index contributed by atoms with van der Waals surface area (Å²) in [5.41, 5.74) is 5.58. The number of methoxy groups -OCH3 is 1. The number of hydrogen-bond donors (Lipinski definition) is 0. The smallest absolute Gasteiger partial charge is 0.272 e. The van der Waals surface area contributed by atoms with Gasteiger partial charge < -0.3 is 9.64 Å². The number of rotatable bonds is 4. The van der Waals surface area contributed by atoms with Crippen molar-refractivity contribution in [1.29, 1.82) is 0 Å². The minimum atomic E-state index is 0.0461. The molecule has 28 heavy (non-hydrogen) atoms. The van der Waals surface area contributed by atoms with Crippen LogP contribution in [0.15, 0.2) is 48.5 Å². The molecule has 0 unspecified atom stereocenters. The molecule has 5 nitrogen and oxygen atoms in total. The zero-order valence-electron chi connectivity index (χ0n) is 16.6. The van der Waals surface area contributed by atoms with Crippen LogP contribution in [0, 0.1) is 13.8 Å². The molecule has 0 spiro atoms. The summed E-state index contributed by atoms with van der Waals surface area (Å²) >= 11 is 0. The van der Waals surface area contributed by atoms with Crippen LogP contribution in [0.5, 0.6) is 5.75 Å². The van der Waals surface area contributed by atoms with Gasteiger partial charge in [-0.1, -0.05) is 17.7 Å². The Morgan fingerprint density at radius 1 is 1.00 bits per heavy atom. The Balaban J connectivity index is 1.82. The van der Waals surface area contributed by atoms with Crippen molar-refractivity contribution in [2.24, 2.45) is 0 Å². The summed E-state index contributed by atoms with van der Waals surface area (Å²) in [5, 5.41) is 4.82. The van der Waals surface area contributed by atoms with Gasteiger partial charge in [0, 0.05) is 18.7 Å². The van der Waals surface area contributed by atoms with Gasteiger partial charge in [-0.15, -0.1) is 0 Å². The fourth-order valence-electron chi connectivity index (χ4n) is 3.75. The second-order valence-corrected chi connectivity index (χ2v) is 7.34. The summed E-state index contributed by atoms with van der Waals surface area (Å²) in [4.78, 5) is 15.1. The van der Waals surface area contributed by atoms with Gasteiger partial charge >= 0.3 is 0 Å². The van der Waals surface area contributed by atoms with Crippen molar-refractivity contribution in [2.75, 3.05) is 20.2 Å². The summed E-state index contributed by atoms with van der Waals surface area (Å²) in [5.74, 6) is 0.843. The standard InChI is InChI=1S/C23H25N3O2/c1-16-6-11-21(17(2)14-16)26-22(23(27)25-12-4-5-13-25)15-20(24-26)18-7-9-19(28-3)10-8-18/h6-11,14-15H,4-5,12-13H2,1-3H3. The number of carbonyl (C=O) groups excluding carboxylic acids is 1. The van der Waals surface area contributed by atoms with Crippen LogP contribution in [-0.4, -0.2) is 40.8 Å². The third kappa shape index (κ3) is 3.40. The molecule has 1 aromatic heterocycles. The molecule has 1 fully saturated rings. The topological polar surface area (TPSA) is 47.4 Å². The monoisotopic (exact) mass is 375 g/mol. The Morgan fingerprint density at radius 2 is 1.71 bits per heavy atom. The van der Waals surface area contributed by atoms with Gasteiger partial charge in [-0.05, 0) is 68.7 Å². The highest BCUT2D eigenvalue weighted by Crippen LogP contribution is 2.27. The first-order chi connectivity index (χ1) is 13.6. The zero-order valence-corrected chi connectivity index (χ0v) is 16.6. The third-order valence-corrected chi connectivity index (χ3v) is 5.29. The van der Waals surface area contributed by atoms with Crippen LogP contribution in [0.25, 0.3) is 16.9 Å². The average Bonchev–Trinajstić information content (AvgIpc) is 3.38. The number of aromatic nitrogens is 2. The normalized spacial score (nSPS) is 13.8. The van der Waals surface area contributed by atoms with Crippen LogP contribution in [0.4, 0.5) is 0 Å². The lowest BCUT2D eigenvalue weighted by molar-refractivity contribution is 0.0784. The van der Waals surface area contributed by atoms with Crippen molar-refractivity contribution in [3.63, 3.8) is 0 Å². The Bertz CT molecular complexity index is 999. The van der Waals surface area contributed by atoms with Crippen LogP contribution >= 0.6 is 0 Å². The number of aryl methyl sites for hydroxylation is 2. The van der Waals surface area contributed by atoms with Crippen molar-refractivity contribution in [3.05, 3.63) is 65.4 Å². The fourth-order valence-corrected chi connectivity index (χ4v) is 3.75. The van der Waals surface area contributed by atoms with Crippen LogP contribution in [0.1, 0.15) is 34.5 Å². The predicted octanol–water partition coefficient (Wildman–Crippen LogP) is 4.40. The van der Waals surface area contributed by atoms with Crippen molar-refractivity contribution in [1.82, 2.24) is 14.7 Å². The molecular weight excluding hydrogens is 350 g/mol. The van der Waals surface area contributed by atoms with E-state index in [9.17, 15) is 4.79 Å². The van der Waals surface area contributed by atoms with Gasteiger partial charge in [0.05, 0.1) is 18.5 Å². The number of nitrogens with zero attached hydrogens (tertiary/aromatic N) is 3. The van der Waals surface area contributed by atoms with Gasteiger partial charge in [0.15, 0.2) is 0 Å². The molecule has 2 heterocycles. The Labute approximate surface area is 165 Å². The lowest BCUT2D eigenvalue weighted by atomic mass is 10.1. The van der Waals surface area contributed by atoms with Gasteiger partial charge in [-0.3, -0.25) is 4.79 Å². The molecule has 0 atom stereocenters. The van der Waals surface area contributed by atoms with Crippen molar-refractivity contribution in [3.8, 4) is 22.7 Å². The molecule has 3 aromatic rings. The Kier molecular flexibility index (Phi) is 4.90.